The summed E-state index contributed by atoms with van der Waals surface area (Å²) in [5.74, 6) is -1.02. The number of hydrogen-bond donors (Lipinski definition) is 0. The van der Waals surface area contributed by atoms with Crippen molar-refractivity contribution in [3.05, 3.63) is 12.2 Å². The lowest BCUT2D eigenvalue weighted by atomic mass is 9.46. The summed E-state index contributed by atoms with van der Waals surface area (Å²) >= 11 is 0. The third-order valence-electron chi connectivity index (χ3n) is 4.70. The Bertz CT molecular complexity index is 464. The van der Waals surface area contributed by atoms with Gasteiger partial charge in [0.1, 0.15) is 5.78 Å². The molecule has 0 unspecified atom stereocenters. The quantitative estimate of drug-likeness (QED) is 0.334. The van der Waals surface area contributed by atoms with E-state index in [0.29, 0.717) is 6.42 Å². The normalized spacial score (nSPS) is 52.1. The fourth-order valence-electron chi connectivity index (χ4n) is 4.02. The Morgan fingerprint density at radius 2 is 1.56 bits per heavy atom. The first-order valence-corrected chi connectivity index (χ1v) is 5.65. The van der Waals surface area contributed by atoms with Crippen molar-refractivity contribution in [3.8, 4) is 0 Å². The summed E-state index contributed by atoms with van der Waals surface area (Å²) in [6.45, 7) is 0. The zero-order chi connectivity index (χ0) is 11.0. The van der Waals surface area contributed by atoms with Gasteiger partial charge in [-0.3, -0.25) is 14.4 Å². The molecule has 4 heteroatoms. The molecule has 2 bridgehead atoms. The van der Waals surface area contributed by atoms with E-state index in [9.17, 15) is 14.4 Å². The maximum absolute atomic E-state index is 11.6. The molecule has 0 N–H and O–H groups in total. The second kappa shape index (κ2) is 2.44. The Morgan fingerprint density at radius 1 is 0.938 bits per heavy atom. The van der Waals surface area contributed by atoms with Gasteiger partial charge in [0.15, 0.2) is 0 Å². The molecule has 2 saturated carbocycles. The van der Waals surface area contributed by atoms with Gasteiger partial charge in [-0.2, -0.15) is 0 Å². The number of hydrogen-bond acceptors (Lipinski definition) is 4. The third-order valence-corrected chi connectivity index (χ3v) is 4.70. The van der Waals surface area contributed by atoms with Gasteiger partial charge >= 0.3 is 11.9 Å². The molecule has 0 radical (unpaired) electrons. The monoisotopic (exact) mass is 218 g/mol. The van der Waals surface area contributed by atoms with Crippen LogP contribution < -0.4 is 0 Å². The zero-order valence-corrected chi connectivity index (χ0v) is 8.46. The smallest absolute Gasteiger partial charge is 0.318 e. The lowest BCUT2D eigenvalue weighted by molar-refractivity contribution is -0.154. The van der Waals surface area contributed by atoms with Gasteiger partial charge in [-0.05, 0) is 11.8 Å². The number of Topliss-reactive ketones (excluding diaryl/α,β-unsaturated/α-hetero) is 1. The summed E-state index contributed by atoms with van der Waals surface area (Å²) in [6, 6.07) is 0. The van der Waals surface area contributed by atoms with Crippen molar-refractivity contribution < 1.29 is 19.1 Å². The van der Waals surface area contributed by atoms with Gasteiger partial charge < -0.3 is 4.74 Å². The Hall–Kier alpha value is -1.45. The summed E-state index contributed by atoms with van der Waals surface area (Å²) in [7, 11) is 0. The van der Waals surface area contributed by atoms with Crippen LogP contribution >= 0.6 is 0 Å². The number of ketones is 1. The molecule has 0 aromatic carbocycles. The molecule has 1 saturated heterocycles. The van der Waals surface area contributed by atoms with Gasteiger partial charge in [-0.25, -0.2) is 0 Å². The Morgan fingerprint density at radius 3 is 2.25 bits per heavy atom. The molecular weight excluding hydrogens is 208 g/mol. The molecule has 0 aromatic heterocycles. The van der Waals surface area contributed by atoms with E-state index in [1.165, 1.54) is 0 Å². The molecule has 0 amide bonds. The minimum Gasteiger partial charge on any atom is -0.393 e. The first kappa shape index (κ1) is 8.67. The van der Waals surface area contributed by atoms with E-state index in [1.807, 2.05) is 12.2 Å². The molecular formula is C12H10O4. The standard InChI is InChI=1S/C12H10O4/c13-7-3-6-4-1-2-5(8(6)7)10-9(4)11(14)16-12(10)15/h1-2,4-6,8-10H,3H2/t4-,5+,6-,8+,9-,10+/m1/s1. The van der Waals surface area contributed by atoms with Crippen molar-refractivity contribution in [1.82, 2.24) is 0 Å². The predicted octanol–water partition coefficient (Wildman–Crippen LogP) is 0.323. The molecule has 82 valence electrons. The van der Waals surface area contributed by atoms with Gasteiger partial charge in [-0.1, -0.05) is 12.2 Å². The third kappa shape index (κ3) is 0.740. The number of cyclic esters (lactones) is 2. The van der Waals surface area contributed by atoms with Crippen LogP contribution in [0.3, 0.4) is 0 Å². The van der Waals surface area contributed by atoms with Crippen LogP contribution in [-0.2, 0) is 19.1 Å². The van der Waals surface area contributed by atoms with Crippen molar-refractivity contribution in [2.75, 3.05) is 0 Å². The van der Waals surface area contributed by atoms with E-state index < -0.39 is 5.97 Å². The fraction of sp³-hybridized carbons (Fsp3) is 0.583. The first-order chi connectivity index (χ1) is 7.68. The van der Waals surface area contributed by atoms with Crippen LogP contribution in [0, 0.1) is 35.5 Å². The number of rotatable bonds is 0. The number of carbonyl (C=O) groups is 3. The van der Waals surface area contributed by atoms with Crippen molar-refractivity contribution in [2.24, 2.45) is 35.5 Å². The van der Waals surface area contributed by atoms with Gasteiger partial charge in [-0.15, -0.1) is 0 Å². The van der Waals surface area contributed by atoms with Crippen LogP contribution in [0.5, 0.6) is 0 Å². The zero-order valence-electron chi connectivity index (χ0n) is 8.46. The number of carbonyl (C=O) groups excluding carboxylic acids is 3. The summed E-state index contributed by atoms with van der Waals surface area (Å²) in [5, 5.41) is 0. The molecule has 5 rings (SSSR count). The molecule has 1 aliphatic heterocycles. The number of esters is 2. The van der Waals surface area contributed by atoms with Crippen LogP contribution in [0.1, 0.15) is 6.42 Å². The van der Waals surface area contributed by atoms with E-state index in [1.54, 1.807) is 0 Å². The van der Waals surface area contributed by atoms with Crippen molar-refractivity contribution >= 4 is 17.7 Å². The van der Waals surface area contributed by atoms with E-state index in [2.05, 4.69) is 0 Å². The maximum atomic E-state index is 11.6. The molecule has 5 aliphatic rings. The summed E-state index contributed by atoms with van der Waals surface area (Å²) in [4.78, 5) is 34.8. The Balaban J connectivity index is 1.84. The van der Waals surface area contributed by atoms with Gasteiger partial charge in [0.05, 0.1) is 11.8 Å². The molecule has 4 aliphatic carbocycles. The Kier molecular flexibility index (Phi) is 1.32. The van der Waals surface area contributed by atoms with Gasteiger partial charge in [0.2, 0.25) is 0 Å². The molecule has 3 fully saturated rings. The molecule has 0 spiro atoms. The lowest BCUT2D eigenvalue weighted by Crippen LogP contribution is -2.58. The van der Waals surface area contributed by atoms with E-state index in [-0.39, 0.29) is 47.3 Å². The fourth-order valence-corrected chi connectivity index (χ4v) is 4.02. The van der Waals surface area contributed by atoms with Crippen LogP contribution in [-0.4, -0.2) is 17.7 Å². The Labute approximate surface area is 91.6 Å². The number of ether oxygens (including phenoxy) is 1. The van der Waals surface area contributed by atoms with E-state index in [4.69, 9.17) is 4.74 Å². The molecule has 4 nitrogen and oxygen atoms in total. The number of allylic oxidation sites excluding steroid dienone is 2. The minimum atomic E-state index is -0.424. The van der Waals surface area contributed by atoms with E-state index in [0.717, 1.165) is 0 Å². The summed E-state index contributed by atoms with van der Waals surface area (Å²) in [5.41, 5.74) is 0. The summed E-state index contributed by atoms with van der Waals surface area (Å²) < 4.78 is 4.72. The largest absolute Gasteiger partial charge is 0.393 e. The molecule has 6 atom stereocenters. The topological polar surface area (TPSA) is 60.4 Å². The van der Waals surface area contributed by atoms with Crippen molar-refractivity contribution in [2.45, 2.75) is 6.42 Å². The molecule has 1 heterocycles. The first-order valence-electron chi connectivity index (χ1n) is 5.65. The molecule has 0 aromatic rings. The highest BCUT2D eigenvalue weighted by Crippen LogP contribution is 2.59. The van der Waals surface area contributed by atoms with Crippen LogP contribution in [0.15, 0.2) is 12.2 Å². The highest BCUT2D eigenvalue weighted by atomic mass is 16.6. The SMILES string of the molecule is O=C1OC(=O)[C@H]2[C@H]3C=C[C@H]([C@H]4CC(=O)[C@@H]34)[C@@H]12. The van der Waals surface area contributed by atoms with Crippen molar-refractivity contribution in [1.29, 1.82) is 0 Å². The second-order valence-electron chi connectivity index (χ2n) is 5.19. The average molecular weight is 218 g/mol. The van der Waals surface area contributed by atoms with Gasteiger partial charge in [0, 0.05) is 18.3 Å². The highest BCUT2D eigenvalue weighted by molar-refractivity contribution is 6.00. The van der Waals surface area contributed by atoms with E-state index >= 15 is 0 Å². The van der Waals surface area contributed by atoms with Crippen LogP contribution in [0.25, 0.3) is 0 Å². The maximum Gasteiger partial charge on any atom is 0.318 e. The predicted molar refractivity (Wildman–Crippen MR) is 50.8 cm³/mol. The highest BCUT2D eigenvalue weighted by Gasteiger charge is 2.65. The van der Waals surface area contributed by atoms with Crippen molar-refractivity contribution in [3.63, 3.8) is 0 Å². The molecule has 16 heavy (non-hydrogen) atoms. The van der Waals surface area contributed by atoms with Gasteiger partial charge in [0.25, 0.3) is 0 Å². The average Bonchev–Trinajstić information content (AvgIpc) is 2.54. The lowest BCUT2D eigenvalue weighted by Gasteiger charge is -2.53. The second-order valence-corrected chi connectivity index (χ2v) is 5.19. The summed E-state index contributed by atoms with van der Waals surface area (Å²) in [6.07, 6.45) is 4.53. The minimum absolute atomic E-state index is 0.0188. The van der Waals surface area contributed by atoms with Crippen LogP contribution in [0.2, 0.25) is 0 Å². The van der Waals surface area contributed by atoms with Crippen LogP contribution in [0.4, 0.5) is 0 Å².